The molecule has 2 rings (SSSR count). The number of nitrogens with two attached hydrogens (primary N) is 1. The summed E-state index contributed by atoms with van der Waals surface area (Å²) in [6, 6.07) is 13.8. The lowest BCUT2D eigenvalue weighted by atomic mass is 10.2. The second kappa shape index (κ2) is 9.25. The maximum atomic E-state index is 12.8. The predicted molar refractivity (Wildman–Crippen MR) is 98.3 cm³/mol. The molecule has 0 heterocycles. The summed E-state index contributed by atoms with van der Waals surface area (Å²) in [5.41, 5.74) is 6.47. The third kappa shape index (κ3) is 4.84. The van der Waals surface area contributed by atoms with E-state index in [0.717, 1.165) is 5.56 Å². The van der Waals surface area contributed by atoms with E-state index in [4.69, 9.17) is 22.1 Å². The van der Waals surface area contributed by atoms with E-state index in [-0.39, 0.29) is 42.0 Å². The summed E-state index contributed by atoms with van der Waals surface area (Å²) < 4.78 is 32.1. The van der Waals surface area contributed by atoms with Gasteiger partial charge in [0.15, 0.2) is 0 Å². The molecule has 5 nitrogen and oxygen atoms in total. The summed E-state index contributed by atoms with van der Waals surface area (Å²) in [7, 11) is -2.22. The summed E-state index contributed by atoms with van der Waals surface area (Å²) in [6.45, 7) is 0.709. The molecule has 0 bridgehead atoms. The Bertz CT molecular complexity index is 755. The van der Waals surface area contributed by atoms with Gasteiger partial charge in [0.05, 0.1) is 17.0 Å². The van der Waals surface area contributed by atoms with E-state index in [1.54, 1.807) is 6.07 Å². The van der Waals surface area contributed by atoms with Gasteiger partial charge in [0.2, 0.25) is 10.0 Å². The van der Waals surface area contributed by atoms with Crippen molar-refractivity contribution >= 4 is 34.0 Å². The van der Waals surface area contributed by atoms with Crippen molar-refractivity contribution in [2.75, 3.05) is 20.2 Å². The van der Waals surface area contributed by atoms with Crippen molar-refractivity contribution < 1.29 is 13.2 Å². The van der Waals surface area contributed by atoms with E-state index < -0.39 is 10.0 Å². The molecule has 0 unspecified atom stereocenters. The predicted octanol–water partition coefficient (Wildman–Crippen LogP) is 2.92. The third-order valence-corrected chi connectivity index (χ3v) is 5.48. The minimum absolute atomic E-state index is 0. The average Bonchev–Trinajstić information content (AvgIpc) is 2.55. The van der Waals surface area contributed by atoms with Crippen molar-refractivity contribution in [3.05, 3.63) is 59.1 Å². The summed E-state index contributed by atoms with van der Waals surface area (Å²) in [5, 5.41) is 0.251. The SMILES string of the molecule is COc1ccc(S(=O)(=O)N(CCN)Cc2ccccc2)cc1Cl.Cl. The number of rotatable bonds is 7. The number of ether oxygens (including phenoxy) is 1. The zero-order valence-corrected chi connectivity index (χ0v) is 15.6. The van der Waals surface area contributed by atoms with E-state index >= 15 is 0 Å². The zero-order chi connectivity index (χ0) is 16.9. The van der Waals surface area contributed by atoms with Crippen LogP contribution in [0.15, 0.2) is 53.4 Å². The molecular formula is C16H20Cl2N2O3S. The molecule has 0 atom stereocenters. The van der Waals surface area contributed by atoms with Crippen LogP contribution in [0.1, 0.15) is 5.56 Å². The average molecular weight is 391 g/mol. The molecule has 0 aromatic heterocycles. The molecule has 0 aliphatic rings. The number of sulfonamides is 1. The van der Waals surface area contributed by atoms with Crippen LogP contribution in [0.3, 0.4) is 0 Å². The highest BCUT2D eigenvalue weighted by Gasteiger charge is 2.25. The Kier molecular flexibility index (Phi) is 7.99. The minimum Gasteiger partial charge on any atom is -0.495 e. The fourth-order valence-corrected chi connectivity index (χ4v) is 3.96. The summed E-state index contributed by atoms with van der Waals surface area (Å²) in [6.07, 6.45) is 0. The summed E-state index contributed by atoms with van der Waals surface area (Å²) in [4.78, 5) is 0.118. The second-order valence-electron chi connectivity index (χ2n) is 4.91. The highest BCUT2D eigenvalue weighted by Crippen LogP contribution is 2.28. The van der Waals surface area contributed by atoms with Crippen molar-refractivity contribution in [2.24, 2.45) is 5.73 Å². The van der Waals surface area contributed by atoms with Crippen LogP contribution in [0, 0.1) is 0 Å². The molecule has 0 amide bonds. The van der Waals surface area contributed by atoms with Crippen LogP contribution in [0.2, 0.25) is 5.02 Å². The van der Waals surface area contributed by atoms with Crippen LogP contribution in [-0.4, -0.2) is 32.9 Å². The maximum absolute atomic E-state index is 12.8. The first-order valence-electron chi connectivity index (χ1n) is 7.06. The van der Waals surface area contributed by atoms with Gasteiger partial charge in [-0.25, -0.2) is 8.42 Å². The van der Waals surface area contributed by atoms with E-state index in [9.17, 15) is 8.42 Å². The molecule has 0 fully saturated rings. The molecular weight excluding hydrogens is 371 g/mol. The molecule has 2 aromatic carbocycles. The van der Waals surface area contributed by atoms with Crippen molar-refractivity contribution in [3.63, 3.8) is 0 Å². The van der Waals surface area contributed by atoms with Gasteiger partial charge >= 0.3 is 0 Å². The lowest BCUT2D eigenvalue weighted by Crippen LogP contribution is -2.34. The molecule has 2 N–H and O–H groups in total. The summed E-state index contributed by atoms with van der Waals surface area (Å²) >= 11 is 6.04. The first-order valence-corrected chi connectivity index (χ1v) is 8.88. The Morgan fingerprint density at radius 2 is 1.83 bits per heavy atom. The quantitative estimate of drug-likeness (QED) is 0.788. The maximum Gasteiger partial charge on any atom is 0.243 e. The first-order chi connectivity index (χ1) is 11.0. The summed E-state index contributed by atoms with van der Waals surface area (Å²) in [5.74, 6) is 0.430. The minimum atomic E-state index is -3.70. The highest BCUT2D eigenvalue weighted by molar-refractivity contribution is 7.89. The fraction of sp³-hybridized carbons (Fsp3) is 0.250. The Labute approximate surface area is 153 Å². The number of halogens is 2. The molecule has 0 saturated carbocycles. The van der Waals surface area contributed by atoms with Crippen molar-refractivity contribution in [1.82, 2.24) is 4.31 Å². The first kappa shape index (κ1) is 20.7. The van der Waals surface area contributed by atoms with Gasteiger partial charge in [-0.15, -0.1) is 12.4 Å². The Morgan fingerprint density at radius 1 is 1.17 bits per heavy atom. The van der Waals surface area contributed by atoms with Gasteiger partial charge in [-0.1, -0.05) is 41.9 Å². The number of benzene rings is 2. The van der Waals surface area contributed by atoms with Gasteiger partial charge < -0.3 is 10.5 Å². The topological polar surface area (TPSA) is 72.6 Å². The third-order valence-electron chi connectivity index (χ3n) is 3.34. The van der Waals surface area contributed by atoms with Crippen molar-refractivity contribution in [2.45, 2.75) is 11.4 Å². The van der Waals surface area contributed by atoms with Gasteiger partial charge in [-0.2, -0.15) is 4.31 Å². The Hall–Kier alpha value is -1.31. The number of nitrogens with zero attached hydrogens (tertiary/aromatic N) is 1. The second-order valence-corrected chi connectivity index (χ2v) is 7.25. The Morgan fingerprint density at radius 3 is 2.38 bits per heavy atom. The number of hydrogen-bond donors (Lipinski definition) is 1. The largest absolute Gasteiger partial charge is 0.495 e. The lowest BCUT2D eigenvalue weighted by molar-refractivity contribution is 0.410. The smallest absolute Gasteiger partial charge is 0.243 e. The molecule has 24 heavy (non-hydrogen) atoms. The van der Waals surface area contributed by atoms with E-state index in [2.05, 4.69) is 0 Å². The van der Waals surface area contributed by atoms with Crippen molar-refractivity contribution in [1.29, 1.82) is 0 Å². The van der Waals surface area contributed by atoms with Crippen LogP contribution in [0.25, 0.3) is 0 Å². The van der Waals surface area contributed by atoms with Crippen LogP contribution < -0.4 is 10.5 Å². The lowest BCUT2D eigenvalue weighted by Gasteiger charge is -2.22. The van der Waals surface area contributed by atoms with Gasteiger partial charge in [-0.3, -0.25) is 0 Å². The molecule has 8 heteroatoms. The van der Waals surface area contributed by atoms with Gasteiger partial charge in [0.1, 0.15) is 5.75 Å². The van der Waals surface area contributed by atoms with Gasteiger partial charge in [-0.05, 0) is 23.8 Å². The molecule has 0 aliphatic carbocycles. The number of methoxy groups -OCH3 is 1. The van der Waals surface area contributed by atoms with Crippen LogP contribution in [-0.2, 0) is 16.6 Å². The molecule has 2 aromatic rings. The van der Waals surface area contributed by atoms with Crippen LogP contribution in [0.5, 0.6) is 5.75 Å². The van der Waals surface area contributed by atoms with E-state index in [1.165, 1.54) is 23.5 Å². The monoisotopic (exact) mass is 390 g/mol. The standard InChI is InChI=1S/C16H19ClN2O3S.ClH/c1-22-16-8-7-14(11-15(16)17)23(20,21)19(10-9-18)12-13-5-3-2-4-6-13;/h2-8,11H,9-10,12,18H2,1H3;1H. The fourth-order valence-electron chi connectivity index (χ4n) is 2.17. The molecule has 0 spiro atoms. The van der Waals surface area contributed by atoms with Gasteiger partial charge in [0.25, 0.3) is 0 Å². The number of hydrogen-bond acceptors (Lipinski definition) is 4. The van der Waals surface area contributed by atoms with Crippen LogP contribution >= 0.6 is 24.0 Å². The highest BCUT2D eigenvalue weighted by atomic mass is 35.5. The molecule has 132 valence electrons. The Balaban J connectivity index is 0.00000288. The normalized spacial score (nSPS) is 11.2. The van der Waals surface area contributed by atoms with E-state index in [1.807, 2.05) is 30.3 Å². The molecule has 0 radical (unpaired) electrons. The van der Waals surface area contributed by atoms with Crippen LogP contribution in [0.4, 0.5) is 0 Å². The molecule has 0 aliphatic heterocycles. The van der Waals surface area contributed by atoms with E-state index in [0.29, 0.717) is 5.75 Å². The molecule has 0 saturated heterocycles. The van der Waals surface area contributed by atoms with Crippen molar-refractivity contribution in [3.8, 4) is 5.75 Å². The van der Waals surface area contributed by atoms with Gasteiger partial charge in [0, 0.05) is 19.6 Å². The zero-order valence-electron chi connectivity index (χ0n) is 13.2.